The number of halogens is 2. The third-order valence-electron chi connectivity index (χ3n) is 3.49. The van der Waals surface area contributed by atoms with E-state index in [1.54, 1.807) is 0 Å². The summed E-state index contributed by atoms with van der Waals surface area (Å²) in [7, 11) is 0. The second-order valence-electron chi connectivity index (χ2n) is 4.94. The van der Waals surface area contributed by atoms with Crippen LogP contribution < -0.4 is 0 Å². The molecule has 0 aliphatic heterocycles. The largest absolute Gasteiger partial charge is 0.388 e. The van der Waals surface area contributed by atoms with Crippen molar-refractivity contribution >= 4 is 27.5 Å². The van der Waals surface area contributed by atoms with Crippen LogP contribution in [-0.2, 0) is 0 Å². The lowest BCUT2D eigenvalue weighted by molar-refractivity contribution is 0.140. The number of hydrogen-bond donors (Lipinski definition) is 1. The quantitative estimate of drug-likeness (QED) is 0.729. The monoisotopic (exact) mass is 352 g/mol. The van der Waals surface area contributed by atoms with Gasteiger partial charge in [-0.1, -0.05) is 65.1 Å². The van der Waals surface area contributed by atoms with E-state index in [2.05, 4.69) is 35.0 Å². The molecule has 0 fully saturated rings. The summed E-state index contributed by atoms with van der Waals surface area (Å²) < 4.78 is 1.05. The van der Waals surface area contributed by atoms with Gasteiger partial charge in [0.1, 0.15) is 0 Å². The Morgan fingerprint density at radius 2 is 1.55 bits per heavy atom. The van der Waals surface area contributed by atoms with E-state index in [4.69, 9.17) is 11.6 Å². The van der Waals surface area contributed by atoms with Crippen molar-refractivity contribution in [2.24, 2.45) is 0 Å². The van der Waals surface area contributed by atoms with Gasteiger partial charge in [0.15, 0.2) is 0 Å². The topological polar surface area (TPSA) is 20.2 Å². The smallest absolute Gasteiger partial charge is 0.0858 e. The first-order chi connectivity index (χ1) is 9.61. The summed E-state index contributed by atoms with van der Waals surface area (Å²) in [5.41, 5.74) is 2.08. The van der Waals surface area contributed by atoms with Gasteiger partial charge < -0.3 is 5.11 Å². The number of hydrogen-bond acceptors (Lipinski definition) is 1. The van der Waals surface area contributed by atoms with Gasteiger partial charge in [0.25, 0.3) is 0 Å². The first-order valence-electron chi connectivity index (χ1n) is 6.80. The van der Waals surface area contributed by atoms with Crippen LogP contribution in [0.25, 0.3) is 0 Å². The number of rotatable bonds is 5. The van der Waals surface area contributed by atoms with Crippen molar-refractivity contribution in [1.29, 1.82) is 0 Å². The Morgan fingerprint density at radius 3 is 2.10 bits per heavy atom. The highest BCUT2D eigenvalue weighted by molar-refractivity contribution is 9.10. The number of benzene rings is 2. The average molecular weight is 354 g/mol. The zero-order valence-corrected chi connectivity index (χ0v) is 13.7. The fourth-order valence-corrected chi connectivity index (χ4v) is 2.81. The Bertz CT molecular complexity index is 536. The van der Waals surface area contributed by atoms with Crippen molar-refractivity contribution in [3.63, 3.8) is 0 Å². The van der Waals surface area contributed by atoms with Gasteiger partial charge in [-0.3, -0.25) is 0 Å². The van der Waals surface area contributed by atoms with Crippen LogP contribution in [0.3, 0.4) is 0 Å². The van der Waals surface area contributed by atoms with Gasteiger partial charge in [-0.05, 0) is 41.8 Å². The van der Waals surface area contributed by atoms with Crippen LogP contribution in [-0.4, -0.2) is 5.11 Å². The van der Waals surface area contributed by atoms with E-state index < -0.39 is 6.10 Å². The van der Waals surface area contributed by atoms with Crippen molar-refractivity contribution in [1.82, 2.24) is 0 Å². The molecule has 2 aromatic carbocycles. The zero-order chi connectivity index (χ0) is 14.5. The van der Waals surface area contributed by atoms with Gasteiger partial charge in [-0.25, -0.2) is 0 Å². The minimum absolute atomic E-state index is 0.106. The third-order valence-corrected chi connectivity index (χ3v) is 4.27. The molecule has 0 radical (unpaired) electrons. The summed E-state index contributed by atoms with van der Waals surface area (Å²) in [6, 6.07) is 15.6. The van der Waals surface area contributed by atoms with Crippen LogP contribution in [0.2, 0.25) is 5.02 Å². The normalized spacial score (nSPS) is 14.0. The SMILES string of the molecule is CCCC(c1ccc(Br)cc1)C(O)c1ccc(Cl)cc1. The standard InChI is InChI=1S/C17H18BrClO/c1-2-3-16(12-4-8-14(18)9-5-12)17(20)13-6-10-15(19)11-7-13/h4-11,16-17,20H,2-3H2,1H3. The first kappa shape index (κ1) is 15.6. The lowest BCUT2D eigenvalue weighted by atomic mass is 9.86. The summed E-state index contributed by atoms with van der Waals surface area (Å²) in [5, 5.41) is 11.4. The average Bonchev–Trinajstić information content (AvgIpc) is 2.46. The molecule has 0 saturated heterocycles. The molecule has 0 aliphatic rings. The maximum atomic E-state index is 10.7. The summed E-state index contributed by atoms with van der Waals surface area (Å²) >= 11 is 9.35. The molecular weight excluding hydrogens is 336 g/mol. The van der Waals surface area contributed by atoms with Gasteiger partial charge in [0, 0.05) is 15.4 Å². The fraction of sp³-hybridized carbons (Fsp3) is 0.294. The molecule has 2 unspecified atom stereocenters. The minimum atomic E-state index is -0.506. The Morgan fingerprint density at radius 1 is 1.00 bits per heavy atom. The molecular formula is C17H18BrClO. The van der Waals surface area contributed by atoms with Gasteiger partial charge >= 0.3 is 0 Å². The molecule has 0 bridgehead atoms. The highest BCUT2D eigenvalue weighted by Crippen LogP contribution is 2.35. The van der Waals surface area contributed by atoms with Crippen molar-refractivity contribution in [3.8, 4) is 0 Å². The summed E-state index contributed by atoms with van der Waals surface area (Å²) in [6.07, 6.45) is 1.48. The van der Waals surface area contributed by atoms with Crippen molar-refractivity contribution in [3.05, 3.63) is 69.2 Å². The molecule has 0 aromatic heterocycles. The van der Waals surface area contributed by atoms with Crippen LogP contribution in [0, 0.1) is 0 Å². The van der Waals surface area contributed by atoms with Crippen LogP contribution >= 0.6 is 27.5 Å². The molecule has 3 heteroatoms. The van der Waals surface area contributed by atoms with Gasteiger partial charge in [-0.15, -0.1) is 0 Å². The maximum absolute atomic E-state index is 10.7. The lowest BCUT2D eigenvalue weighted by Crippen LogP contribution is -2.11. The van der Waals surface area contributed by atoms with Crippen LogP contribution in [0.15, 0.2) is 53.0 Å². The van der Waals surface area contributed by atoms with Gasteiger partial charge in [-0.2, -0.15) is 0 Å². The van der Waals surface area contributed by atoms with Gasteiger partial charge in [0.2, 0.25) is 0 Å². The predicted molar refractivity (Wildman–Crippen MR) is 88.2 cm³/mol. The lowest BCUT2D eigenvalue weighted by Gasteiger charge is -2.23. The van der Waals surface area contributed by atoms with Crippen molar-refractivity contribution in [2.75, 3.05) is 0 Å². The first-order valence-corrected chi connectivity index (χ1v) is 7.98. The molecule has 0 aliphatic carbocycles. The van der Waals surface area contributed by atoms with Crippen molar-refractivity contribution < 1.29 is 5.11 Å². The molecule has 20 heavy (non-hydrogen) atoms. The molecule has 2 rings (SSSR count). The molecule has 1 nitrogen and oxygen atoms in total. The molecule has 0 saturated carbocycles. The predicted octanol–water partition coefficient (Wildman–Crippen LogP) is 5.72. The molecule has 106 valence electrons. The minimum Gasteiger partial charge on any atom is -0.388 e. The molecule has 0 heterocycles. The molecule has 2 atom stereocenters. The zero-order valence-electron chi connectivity index (χ0n) is 11.4. The molecule has 0 amide bonds. The van der Waals surface area contributed by atoms with E-state index >= 15 is 0 Å². The molecule has 2 aromatic rings. The van der Waals surface area contributed by atoms with Crippen LogP contribution in [0.1, 0.15) is 42.9 Å². The maximum Gasteiger partial charge on any atom is 0.0858 e. The van der Waals surface area contributed by atoms with E-state index in [1.165, 1.54) is 0 Å². The highest BCUT2D eigenvalue weighted by atomic mass is 79.9. The van der Waals surface area contributed by atoms with E-state index in [1.807, 2.05) is 36.4 Å². The summed E-state index contributed by atoms with van der Waals surface area (Å²) in [6.45, 7) is 2.14. The Labute approximate surface area is 133 Å². The summed E-state index contributed by atoms with van der Waals surface area (Å²) in [5.74, 6) is 0.106. The van der Waals surface area contributed by atoms with Crippen LogP contribution in [0.4, 0.5) is 0 Å². The van der Waals surface area contributed by atoms with E-state index in [0.29, 0.717) is 5.02 Å². The Kier molecular flexibility index (Phi) is 5.64. The van der Waals surface area contributed by atoms with E-state index in [-0.39, 0.29) is 5.92 Å². The Balaban J connectivity index is 2.27. The number of aliphatic hydroxyl groups excluding tert-OH is 1. The second kappa shape index (κ2) is 7.26. The van der Waals surface area contributed by atoms with Gasteiger partial charge in [0.05, 0.1) is 6.10 Å². The molecule has 0 spiro atoms. The van der Waals surface area contributed by atoms with Crippen LogP contribution in [0.5, 0.6) is 0 Å². The molecule has 1 N–H and O–H groups in total. The highest BCUT2D eigenvalue weighted by Gasteiger charge is 2.21. The van der Waals surface area contributed by atoms with E-state index in [9.17, 15) is 5.11 Å². The second-order valence-corrected chi connectivity index (χ2v) is 6.30. The van der Waals surface area contributed by atoms with Crippen molar-refractivity contribution in [2.45, 2.75) is 31.8 Å². The fourth-order valence-electron chi connectivity index (χ4n) is 2.42. The Hall–Kier alpha value is -0.830. The third kappa shape index (κ3) is 3.85. The van der Waals surface area contributed by atoms with E-state index in [0.717, 1.165) is 28.4 Å². The number of aliphatic hydroxyl groups is 1. The summed E-state index contributed by atoms with van der Waals surface area (Å²) in [4.78, 5) is 0.